The highest BCUT2D eigenvalue weighted by atomic mass is 16.6. The van der Waals surface area contributed by atoms with Gasteiger partial charge in [-0.2, -0.15) is 0 Å². The van der Waals surface area contributed by atoms with E-state index >= 15 is 0 Å². The number of rotatable bonds is 6. The molecular weight excluding hydrogens is 304 g/mol. The van der Waals surface area contributed by atoms with E-state index in [0.29, 0.717) is 18.8 Å². The van der Waals surface area contributed by atoms with Gasteiger partial charge in [0, 0.05) is 6.42 Å². The Balaban J connectivity index is 0.00000139. The predicted octanol–water partition coefficient (Wildman–Crippen LogP) is 4.28. The molecule has 1 N–H and O–H groups in total. The Hall–Kier alpha value is -2.49. The van der Waals surface area contributed by atoms with Crippen LogP contribution in [0.3, 0.4) is 0 Å². The number of carbonyl (C=O) groups is 1. The standard InChI is InChI=1S/C18H20O4.C2H6/c1-3-21-18(20)17(12-14-8-10-15(19)11-9-14)22-16-7-5-4-6-13(16)2;1-2/h4-11,17,19H,3,12H2,1-2H3;1-2H3. The maximum Gasteiger partial charge on any atom is 0.347 e. The van der Waals surface area contributed by atoms with Crippen LogP contribution in [0.25, 0.3) is 0 Å². The largest absolute Gasteiger partial charge is 0.508 e. The average molecular weight is 330 g/mol. The number of ether oxygens (including phenoxy) is 2. The Labute approximate surface area is 144 Å². The van der Waals surface area contributed by atoms with Crippen LogP contribution in [0.5, 0.6) is 11.5 Å². The summed E-state index contributed by atoms with van der Waals surface area (Å²) in [7, 11) is 0. The van der Waals surface area contributed by atoms with Crippen LogP contribution < -0.4 is 4.74 Å². The van der Waals surface area contributed by atoms with Gasteiger partial charge in [-0.3, -0.25) is 0 Å². The molecular formula is C20H26O4. The van der Waals surface area contributed by atoms with Crippen LogP contribution >= 0.6 is 0 Å². The number of aromatic hydroxyl groups is 1. The van der Waals surface area contributed by atoms with E-state index in [0.717, 1.165) is 11.1 Å². The number of carbonyl (C=O) groups excluding carboxylic acids is 1. The molecule has 0 aromatic heterocycles. The van der Waals surface area contributed by atoms with E-state index in [1.54, 1.807) is 31.2 Å². The van der Waals surface area contributed by atoms with Gasteiger partial charge in [0.25, 0.3) is 0 Å². The van der Waals surface area contributed by atoms with E-state index in [-0.39, 0.29) is 11.7 Å². The molecule has 0 bridgehead atoms. The van der Waals surface area contributed by atoms with Gasteiger partial charge in [0.1, 0.15) is 11.5 Å². The van der Waals surface area contributed by atoms with Crippen molar-refractivity contribution in [3.8, 4) is 11.5 Å². The van der Waals surface area contributed by atoms with Gasteiger partial charge in [-0.05, 0) is 43.2 Å². The number of aryl methyl sites for hydroxylation is 1. The summed E-state index contributed by atoms with van der Waals surface area (Å²) in [5, 5.41) is 9.33. The predicted molar refractivity (Wildman–Crippen MR) is 95.4 cm³/mol. The van der Waals surface area contributed by atoms with Crippen molar-refractivity contribution in [1.82, 2.24) is 0 Å². The molecule has 0 aliphatic heterocycles. The molecule has 24 heavy (non-hydrogen) atoms. The normalized spacial score (nSPS) is 11.0. The SMILES string of the molecule is CC.CCOC(=O)C(Cc1ccc(O)cc1)Oc1ccccc1C. The molecule has 0 amide bonds. The van der Waals surface area contributed by atoms with Gasteiger partial charge in [-0.15, -0.1) is 0 Å². The van der Waals surface area contributed by atoms with Gasteiger partial charge in [0.2, 0.25) is 0 Å². The number of phenolic OH excluding ortho intramolecular Hbond substituents is 1. The molecule has 0 spiro atoms. The van der Waals surface area contributed by atoms with Gasteiger partial charge < -0.3 is 14.6 Å². The lowest BCUT2D eigenvalue weighted by Gasteiger charge is -2.19. The van der Waals surface area contributed by atoms with Gasteiger partial charge in [-0.1, -0.05) is 44.2 Å². The molecule has 1 unspecified atom stereocenters. The highest BCUT2D eigenvalue weighted by Gasteiger charge is 2.23. The molecule has 1 atom stereocenters. The Kier molecular flexibility index (Phi) is 8.41. The van der Waals surface area contributed by atoms with E-state index in [2.05, 4.69) is 0 Å². The Morgan fingerprint density at radius 3 is 2.29 bits per heavy atom. The first-order valence-electron chi connectivity index (χ1n) is 8.27. The van der Waals surface area contributed by atoms with Crippen LogP contribution in [0, 0.1) is 6.92 Å². The van der Waals surface area contributed by atoms with Crippen LogP contribution in [0.2, 0.25) is 0 Å². The summed E-state index contributed by atoms with van der Waals surface area (Å²) in [5.74, 6) is 0.467. The molecule has 2 rings (SSSR count). The summed E-state index contributed by atoms with van der Waals surface area (Å²) in [6.07, 6.45) is -0.335. The van der Waals surface area contributed by atoms with Crippen molar-refractivity contribution in [3.63, 3.8) is 0 Å². The van der Waals surface area contributed by atoms with Crippen molar-refractivity contribution in [3.05, 3.63) is 59.7 Å². The highest BCUT2D eigenvalue weighted by Crippen LogP contribution is 2.20. The summed E-state index contributed by atoms with van der Waals surface area (Å²) < 4.78 is 11.0. The molecule has 0 heterocycles. The fourth-order valence-electron chi connectivity index (χ4n) is 2.10. The van der Waals surface area contributed by atoms with E-state index in [1.165, 1.54) is 0 Å². The Bertz CT molecular complexity index is 620. The number of esters is 1. The second-order valence-corrected chi connectivity index (χ2v) is 4.99. The smallest absolute Gasteiger partial charge is 0.347 e. The minimum Gasteiger partial charge on any atom is -0.508 e. The minimum atomic E-state index is -0.717. The molecule has 0 fully saturated rings. The quantitative estimate of drug-likeness (QED) is 0.803. The van der Waals surface area contributed by atoms with Crippen LogP contribution in [0.4, 0.5) is 0 Å². The number of hydrogen-bond acceptors (Lipinski definition) is 4. The molecule has 130 valence electrons. The maximum absolute atomic E-state index is 12.1. The molecule has 4 heteroatoms. The zero-order chi connectivity index (χ0) is 17.9. The molecule has 4 nitrogen and oxygen atoms in total. The third kappa shape index (κ3) is 5.95. The first-order valence-corrected chi connectivity index (χ1v) is 8.27. The van der Waals surface area contributed by atoms with Crippen molar-refractivity contribution in [2.24, 2.45) is 0 Å². The maximum atomic E-state index is 12.1. The fourth-order valence-corrected chi connectivity index (χ4v) is 2.10. The number of hydrogen-bond donors (Lipinski definition) is 1. The van der Waals surface area contributed by atoms with Crippen molar-refractivity contribution < 1.29 is 19.4 Å². The first kappa shape index (κ1) is 19.6. The summed E-state index contributed by atoms with van der Waals surface area (Å²) >= 11 is 0. The summed E-state index contributed by atoms with van der Waals surface area (Å²) in [4.78, 5) is 12.1. The Morgan fingerprint density at radius 2 is 1.71 bits per heavy atom. The van der Waals surface area contributed by atoms with Gasteiger partial charge in [0.05, 0.1) is 6.61 Å². The minimum absolute atomic E-state index is 0.191. The van der Waals surface area contributed by atoms with Crippen LogP contribution in [-0.4, -0.2) is 23.8 Å². The van der Waals surface area contributed by atoms with E-state index < -0.39 is 6.10 Å². The van der Waals surface area contributed by atoms with Crippen molar-refractivity contribution in [2.45, 2.75) is 40.2 Å². The molecule has 0 saturated heterocycles. The Morgan fingerprint density at radius 1 is 1.08 bits per heavy atom. The van der Waals surface area contributed by atoms with Crippen LogP contribution in [0.15, 0.2) is 48.5 Å². The first-order chi connectivity index (χ1) is 11.6. The third-order valence-electron chi connectivity index (χ3n) is 3.27. The zero-order valence-corrected chi connectivity index (χ0v) is 14.8. The van der Waals surface area contributed by atoms with E-state index in [1.807, 2.05) is 45.0 Å². The van der Waals surface area contributed by atoms with Gasteiger partial charge in [-0.25, -0.2) is 4.79 Å². The number of benzene rings is 2. The lowest BCUT2D eigenvalue weighted by atomic mass is 10.1. The molecule has 0 aliphatic carbocycles. The van der Waals surface area contributed by atoms with Crippen molar-refractivity contribution in [2.75, 3.05) is 6.61 Å². The molecule has 0 aliphatic rings. The number of para-hydroxylation sites is 1. The van der Waals surface area contributed by atoms with Crippen LogP contribution in [-0.2, 0) is 16.0 Å². The average Bonchev–Trinajstić information content (AvgIpc) is 2.60. The summed E-state index contributed by atoms with van der Waals surface area (Å²) in [6.45, 7) is 8.00. The second-order valence-electron chi connectivity index (χ2n) is 4.99. The van der Waals surface area contributed by atoms with E-state index in [4.69, 9.17) is 9.47 Å². The van der Waals surface area contributed by atoms with E-state index in [9.17, 15) is 9.90 Å². The molecule has 0 saturated carbocycles. The lowest BCUT2D eigenvalue weighted by molar-refractivity contribution is -0.151. The monoisotopic (exact) mass is 330 g/mol. The van der Waals surface area contributed by atoms with Crippen molar-refractivity contribution in [1.29, 1.82) is 0 Å². The molecule has 2 aromatic rings. The number of phenols is 1. The summed E-state index contributed by atoms with van der Waals surface area (Å²) in [5.41, 5.74) is 1.85. The van der Waals surface area contributed by atoms with Crippen LogP contribution in [0.1, 0.15) is 31.9 Å². The topological polar surface area (TPSA) is 55.8 Å². The lowest BCUT2D eigenvalue weighted by Crippen LogP contribution is -2.31. The van der Waals surface area contributed by atoms with Gasteiger partial charge in [0.15, 0.2) is 6.10 Å². The fraction of sp³-hybridized carbons (Fsp3) is 0.350. The molecule has 2 aromatic carbocycles. The highest BCUT2D eigenvalue weighted by molar-refractivity contribution is 5.75. The van der Waals surface area contributed by atoms with Crippen molar-refractivity contribution >= 4 is 5.97 Å². The second kappa shape index (κ2) is 10.3. The van der Waals surface area contributed by atoms with Gasteiger partial charge >= 0.3 is 5.97 Å². The summed E-state index contributed by atoms with van der Waals surface area (Å²) in [6, 6.07) is 14.3. The molecule has 0 radical (unpaired) electrons. The zero-order valence-electron chi connectivity index (χ0n) is 14.8. The third-order valence-corrected chi connectivity index (χ3v) is 3.27.